The third kappa shape index (κ3) is 4.20. The van der Waals surface area contributed by atoms with Crippen molar-refractivity contribution in [2.75, 3.05) is 37.6 Å². The molecule has 0 spiro atoms. The Kier molecular flexibility index (Phi) is 5.06. The predicted octanol–water partition coefficient (Wildman–Crippen LogP) is 1.71. The van der Waals surface area contributed by atoms with Gasteiger partial charge in [0.2, 0.25) is 5.95 Å². The van der Waals surface area contributed by atoms with Crippen molar-refractivity contribution >= 4 is 11.9 Å². The monoisotopic (exact) mass is 346 g/mol. The molecule has 6 nitrogen and oxygen atoms in total. The molecule has 2 aromatic rings. The fraction of sp³-hybridized carbons (Fsp3) is 0.353. The van der Waals surface area contributed by atoms with Crippen molar-refractivity contribution in [2.24, 2.45) is 10.7 Å². The summed E-state index contributed by atoms with van der Waals surface area (Å²) in [5.41, 5.74) is 5.85. The topological polar surface area (TPSA) is 70.6 Å². The quantitative estimate of drug-likeness (QED) is 0.674. The highest BCUT2D eigenvalue weighted by molar-refractivity contribution is 5.78. The molecule has 0 radical (unpaired) electrons. The van der Waals surface area contributed by atoms with Gasteiger partial charge in [-0.2, -0.15) is 8.78 Å². The van der Waals surface area contributed by atoms with Gasteiger partial charge in [-0.1, -0.05) is 30.3 Å². The Bertz CT molecular complexity index is 700. The van der Waals surface area contributed by atoms with Crippen LogP contribution in [0.15, 0.2) is 53.8 Å². The van der Waals surface area contributed by atoms with Gasteiger partial charge >= 0.3 is 0 Å². The number of benzene rings is 1. The van der Waals surface area contributed by atoms with Crippen molar-refractivity contribution in [1.82, 2.24) is 14.9 Å². The lowest BCUT2D eigenvalue weighted by molar-refractivity contribution is 0.00624. The summed E-state index contributed by atoms with van der Waals surface area (Å²) in [7, 11) is 0. The van der Waals surface area contributed by atoms with E-state index in [1.807, 2.05) is 4.90 Å². The van der Waals surface area contributed by atoms with E-state index in [1.165, 1.54) is 12.1 Å². The van der Waals surface area contributed by atoms with Crippen LogP contribution in [-0.2, 0) is 5.92 Å². The van der Waals surface area contributed by atoms with E-state index in [4.69, 9.17) is 5.73 Å². The molecule has 1 saturated heterocycles. The molecule has 0 bridgehead atoms. The second kappa shape index (κ2) is 7.42. The number of nitrogens with zero attached hydrogens (tertiary/aromatic N) is 5. The molecule has 0 atom stereocenters. The van der Waals surface area contributed by atoms with E-state index in [0.717, 1.165) is 0 Å². The van der Waals surface area contributed by atoms with Crippen LogP contribution in [0.4, 0.5) is 14.7 Å². The van der Waals surface area contributed by atoms with Gasteiger partial charge < -0.3 is 15.5 Å². The van der Waals surface area contributed by atoms with Crippen LogP contribution >= 0.6 is 0 Å². The minimum atomic E-state index is -3.04. The summed E-state index contributed by atoms with van der Waals surface area (Å²) >= 11 is 0. The minimum absolute atomic E-state index is 0.0578. The first-order chi connectivity index (χ1) is 12.1. The smallest absolute Gasteiger partial charge is 0.292 e. The van der Waals surface area contributed by atoms with Crippen molar-refractivity contribution in [3.63, 3.8) is 0 Å². The first-order valence-electron chi connectivity index (χ1n) is 8.06. The van der Waals surface area contributed by atoms with Gasteiger partial charge in [-0.05, 0) is 6.07 Å². The molecule has 25 heavy (non-hydrogen) atoms. The molecule has 1 aromatic heterocycles. The lowest BCUT2D eigenvalue weighted by atomic mass is 10.1. The fourth-order valence-electron chi connectivity index (χ4n) is 2.64. The van der Waals surface area contributed by atoms with Crippen molar-refractivity contribution in [2.45, 2.75) is 5.92 Å². The Hall–Kier alpha value is -2.77. The third-order valence-corrected chi connectivity index (χ3v) is 4.07. The van der Waals surface area contributed by atoms with E-state index in [1.54, 1.807) is 41.6 Å². The Morgan fingerprint density at radius 2 is 1.68 bits per heavy atom. The molecule has 3 rings (SSSR count). The molecule has 0 saturated carbocycles. The van der Waals surface area contributed by atoms with Gasteiger partial charge in [-0.15, -0.1) is 0 Å². The number of hydrogen-bond acceptors (Lipinski definition) is 4. The molecule has 2 heterocycles. The van der Waals surface area contributed by atoms with E-state index in [9.17, 15) is 8.78 Å². The summed E-state index contributed by atoms with van der Waals surface area (Å²) in [6, 6.07) is 9.42. The molecule has 2 N–H and O–H groups in total. The van der Waals surface area contributed by atoms with Gasteiger partial charge in [0, 0.05) is 44.1 Å². The van der Waals surface area contributed by atoms with Crippen LogP contribution < -0.4 is 10.6 Å². The second-order valence-corrected chi connectivity index (χ2v) is 5.77. The van der Waals surface area contributed by atoms with Crippen molar-refractivity contribution in [3.8, 4) is 0 Å². The van der Waals surface area contributed by atoms with Crippen LogP contribution in [0.5, 0.6) is 0 Å². The van der Waals surface area contributed by atoms with E-state index in [-0.39, 0.29) is 11.5 Å². The Morgan fingerprint density at radius 3 is 2.32 bits per heavy atom. The number of rotatable bonds is 4. The number of piperazine rings is 1. The molecule has 1 aliphatic rings. The zero-order valence-corrected chi connectivity index (χ0v) is 13.7. The molecule has 8 heteroatoms. The molecule has 1 aromatic carbocycles. The SMILES string of the molecule is NC(=NCC(F)(F)c1ccccc1)N1CCN(c2ncccn2)CC1. The zero-order chi connectivity index (χ0) is 17.7. The van der Waals surface area contributed by atoms with Gasteiger partial charge in [-0.25, -0.2) is 15.0 Å². The molecular formula is C17H20F2N6. The summed E-state index contributed by atoms with van der Waals surface area (Å²) in [5, 5.41) is 0. The Balaban J connectivity index is 1.57. The van der Waals surface area contributed by atoms with Gasteiger partial charge in [0.1, 0.15) is 6.54 Å². The first kappa shape index (κ1) is 17.1. The van der Waals surface area contributed by atoms with Crippen molar-refractivity contribution in [3.05, 3.63) is 54.4 Å². The highest BCUT2D eigenvalue weighted by Gasteiger charge is 2.31. The van der Waals surface area contributed by atoms with Gasteiger partial charge in [-0.3, -0.25) is 0 Å². The molecule has 0 unspecified atom stereocenters. The van der Waals surface area contributed by atoms with Gasteiger partial charge in [0.25, 0.3) is 5.92 Å². The van der Waals surface area contributed by atoms with Crippen LogP contribution in [0, 0.1) is 0 Å². The van der Waals surface area contributed by atoms with Crippen LogP contribution in [0.25, 0.3) is 0 Å². The van der Waals surface area contributed by atoms with E-state index < -0.39 is 12.5 Å². The minimum Gasteiger partial charge on any atom is -0.370 e. The van der Waals surface area contributed by atoms with Crippen molar-refractivity contribution < 1.29 is 8.78 Å². The third-order valence-electron chi connectivity index (χ3n) is 4.07. The lowest BCUT2D eigenvalue weighted by Gasteiger charge is -2.35. The summed E-state index contributed by atoms with van der Waals surface area (Å²) in [5.74, 6) is -2.23. The number of aliphatic imine (C=N–C) groups is 1. The van der Waals surface area contributed by atoms with Crippen LogP contribution in [0.2, 0.25) is 0 Å². The van der Waals surface area contributed by atoms with Crippen molar-refractivity contribution in [1.29, 1.82) is 0 Å². The van der Waals surface area contributed by atoms with E-state index in [2.05, 4.69) is 15.0 Å². The summed E-state index contributed by atoms with van der Waals surface area (Å²) in [4.78, 5) is 16.2. The normalized spacial score (nSPS) is 16.2. The number of aromatic nitrogens is 2. The fourth-order valence-corrected chi connectivity index (χ4v) is 2.64. The van der Waals surface area contributed by atoms with Crippen LogP contribution in [-0.4, -0.2) is 53.6 Å². The largest absolute Gasteiger partial charge is 0.370 e. The van der Waals surface area contributed by atoms with Gasteiger partial charge in [0.05, 0.1) is 0 Å². The first-order valence-corrected chi connectivity index (χ1v) is 8.06. The molecule has 0 aliphatic carbocycles. The highest BCUT2D eigenvalue weighted by atomic mass is 19.3. The molecule has 0 amide bonds. The lowest BCUT2D eigenvalue weighted by Crippen LogP contribution is -2.51. The van der Waals surface area contributed by atoms with E-state index in [0.29, 0.717) is 32.1 Å². The standard InChI is InChI=1S/C17H20F2N6/c18-17(19,14-5-2-1-3-6-14)13-23-15(20)24-9-11-25(12-10-24)16-21-7-4-8-22-16/h1-8H,9-13H2,(H2,20,23). The number of alkyl halides is 2. The van der Waals surface area contributed by atoms with Gasteiger partial charge in [0.15, 0.2) is 5.96 Å². The maximum Gasteiger partial charge on any atom is 0.292 e. The average Bonchev–Trinajstić information content (AvgIpc) is 2.68. The Labute approximate surface area is 145 Å². The number of nitrogens with two attached hydrogens (primary N) is 1. The average molecular weight is 346 g/mol. The van der Waals surface area contributed by atoms with Crippen LogP contribution in [0.1, 0.15) is 5.56 Å². The summed E-state index contributed by atoms with van der Waals surface area (Å²) in [6.07, 6.45) is 3.38. The number of guanidine groups is 1. The van der Waals surface area contributed by atoms with E-state index >= 15 is 0 Å². The highest BCUT2D eigenvalue weighted by Crippen LogP contribution is 2.27. The summed E-state index contributed by atoms with van der Waals surface area (Å²) in [6.45, 7) is 1.84. The maximum atomic E-state index is 14.2. The summed E-state index contributed by atoms with van der Waals surface area (Å²) < 4.78 is 28.3. The molecular weight excluding hydrogens is 326 g/mol. The second-order valence-electron chi connectivity index (χ2n) is 5.77. The molecule has 1 aliphatic heterocycles. The zero-order valence-electron chi connectivity index (χ0n) is 13.7. The predicted molar refractivity (Wildman–Crippen MR) is 92.6 cm³/mol. The number of hydrogen-bond donors (Lipinski definition) is 1. The maximum absolute atomic E-state index is 14.2. The number of anilines is 1. The molecule has 1 fully saturated rings. The number of halogens is 2. The van der Waals surface area contributed by atoms with Crippen LogP contribution in [0.3, 0.4) is 0 Å². The molecule has 132 valence electrons. The Morgan fingerprint density at radius 1 is 1.04 bits per heavy atom.